The van der Waals surface area contributed by atoms with Crippen molar-refractivity contribution < 1.29 is 19.5 Å². The molecule has 0 radical (unpaired) electrons. The molecule has 1 aliphatic heterocycles. The fourth-order valence-corrected chi connectivity index (χ4v) is 3.09. The molecule has 2 amide bonds. The summed E-state index contributed by atoms with van der Waals surface area (Å²) in [5.41, 5.74) is 0. The molecule has 0 aromatic heterocycles. The number of amides is 2. The zero-order valence-corrected chi connectivity index (χ0v) is 15.5. The zero-order valence-electron chi connectivity index (χ0n) is 15.5. The van der Waals surface area contributed by atoms with Crippen molar-refractivity contribution in [2.75, 3.05) is 26.2 Å². The van der Waals surface area contributed by atoms with Crippen LogP contribution in [-0.2, 0) is 14.4 Å². The van der Waals surface area contributed by atoms with Gasteiger partial charge in [-0.25, -0.2) is 0 Å². The third-order valence-corrected chi connectivity index (χ3v) is 4.61. The highest BCUT2D eigenvalue weighted by Crippen LogP contribution is 2.22. The van der Waals surface area contributed by atoms with Gasteiger partial charge in [-0.2, -0.15) is 0 Å². The summed E-state index contributed by atoms with van der Waals surface area (Å²) in [6, 6.07) is 0. The first-order chi connectivity index (χ1) is 11.3. The maximum atomic E-state index is 12.8. The lowest BCUT2D eigenvalue weighted by Crippen LogP contribution is -2.49. The van der Waals surface area contributed by atoms with Crippen LogP contribution in [0.5, 0.6) is 0 Å². The van der Waals surface area contributed by atoms with Gasteiger partial charge in [0, 0.05) is 32.1 Å². The number of likely N-dealkylation sites (tertiary alicyclic amines) is 1. The van der Waals surface area contributed by atoms with E-state index in [0.717, 1.165) is 19.3 Å². The Hall–Kier alpha value is -1.59. The second-order valence-corrected chi connectivity index (χ2v) is 7.25. The molecule has 0 bridgehead atoms. The molecule has 1 rings (SSSR count). The monoisotopic (exact) mass is 340 g/mol. The van der Waals surface area contributed by atoms with Crippen LogP contribution in [0.3, 0.4) is 0 Å². The Bertz CT molecular complexity index is 450. The standard InChI is InChI=1S/C18H32N2O4/c1-5-14(4)17(23)19-9-6-7-15(12-19)18(24)20(11-13(2)3)10-8-16(21)22/h13-15H,5-12H2,1-4H3,(H,21,22). The summed E-state index contributed by atoms with van der Waals surface area (Å²) in [4.78, 5) is 39.6. The van der Waals surface area contributed by atoms with Gasteiger partial charge in [-0.05, 0) is 25.2 Å². The first-order valence-electron chi connectivity index (χ1n) is 9.05. The zero-order chi connectivity index (χ0) is 18.3. The van der Waals surface area contributed by atoms with Crippen LogP contribution in [0.15, 0.2) is 0 Å². The molecule has 1 N–H and O–H groups in total. The smallest absolute Gasteiger partial charge is 0.305 e. The Kier molecular flexibility index (Phi) is 8.22. The first kappa shape index (κ1) is 20.5. The second-order valence-electron chi connectivity index (χ2n) is 7.25. The van der Waals surface area contributed by atoms with E-state index in [-0.39, 0.29) is 42.5 Å². The van der Waals surface area contributed by atoms with E-state index in [0.29, 0.717) is 19.6 Å². The molecule has 6 heteroatoms. The van der Waals surface area contributed by atoms with Crippen molar-refractivity contribution in [3.8, 4) is 0 Å². The summed E-state index contributed by atoms with van der Waals surface area (Å²) in [5, 5.41) is 8.90. The molecule has 0 spiro atoms. The van der Waals surface area contributed by atoms with Gasteiger partial charge in [-0.1, -0.05) is 27.7 Å². The van der Waals surface area contributed by atoms with Crippen molar-refractivity contribution >= 4 is 17.8 Å². The third-order valence-electron chi connectivity index (χ3n) is 4.61. The Labute approximate surface area is 145 Å². The summed E-state index contributed by atoms with van der Waals surface area (Å²) in [6.07, 6.45) is 2.35. The van der Waals surface area contributed by atoms with Gasteiger partial charge in [0.2, 0.25) is 11.8 Å². The second kappa shape index (κ2) is 9.64. The topological polar surface area (TPSA) is 77.9 Å². The van der Waals surface area contributed by atoms with Gasteiger partial charge in [0.05, 0.1) is 12.3 Å². The Morgan fingerprint density at radius 1 is 1.25 bits per heavy atom. The van der Waals surface area contributed by atoms with Crippen molar-refractivity contribution in [3.05, 3.63) is 0 Å². The number of piperidine rings is 1. The van der Waals surface area contributed by atoms with E-state index in [1.165, 1.54) is 0 Å². The molecule has 6 nitrogen and oxygen atoms in total. The van der Waals surface area contributed by atoms with Crippen molar-refractivity contribution in [1.82, 2.24) is 9.80 Å². The maximum Gasteiger partial charge on any atom is 0.305 e. The van der Waals surface area contributed by atoms with Gasteiger partial charge in [-0.3, -0.25) is 14.4 Å². The molecular formula is C18H32N2O4. The maximum absolute atomic E-state index is 12.8. The number of carboxylic acid groups (broad SMARTS) is 1. The summed E-state index contributed by atoms with van der Waals surface area (Å²) in [5.74, 6) is -0.725. The summed E-state index contributed by atoms with van der Waals surface area (Å²) in [6.45, 7) is 9.92. The van der Waals surface area contributed by atoms with E-state index in [9.17, 15) is 14.4 Å². The van der Waals surface area contributed by atoms with Gasteiger partial charge in [0.25, 0.3) is 0 Å². The van der Waals surface area contributed by atoms with E-state index in [1.54, 1.807) is 4.90 Å². The predicted molar refractivity (Wildman–Crippen MR) is 92.4 cm³/mol. The molecule has 0 aromatic carbocycles. The highest BCUT2D eigenvalue weighted by Gasteiger charge is 2.32. The highest BCUT2D eigenvalue weighted by molar-refractivity contribution is 5.82. The molecule has 2 atom stereocenters. The summed E-state index contributed by atoms with van der Waals surface area (Å²) in [7, 11) is 0. The van der Waals surface area contributed by atoms with Gasteiger partial charge in [0.1, 0.15) is 0 Å². The highest BCUT2D eigenvalue weighted by atomic mass is 16.4. The van der Waals surface area contributed by atoms with Gasteiger partial charge < -0.3 is 14.9 Å². The molecular weight excluding hydrogens is 308 g/mol. The quantitative estimate of drug-likeness (QED) is 0.735. The van der Waals surface area contributed by atoms with E-state index >= 15 is 0 Å². The molecule has 0 saturated carbocycles. The van der Waals surface area contributed by atoms with Crippen LogP contribution in [0.1, 0.15) is 53.4 Å². The molecule has 0 aromatic rings. The van der Waals surface area contributed by atoms with Crippen LogP contribution in [0.25, 0.3) is 0 Å². The van der Waals surface area contributed by atoms with E-state index < -0.39 is 5.97 Å². The average molecular weight is 340 g/mol. The molecule has 1 aliphatic rings. The minimum atomic E-state index is -0.895. The minimum absolute atomic E-state index is 0.00778. The average Bonchev–Trinajstić information content (AvgIpc) is 2.56. The number of hydrogen-bond donors (Lipinski definition) is 1. The van der Waals surface area contributed by atoms with Crippen molar-refractivity contribution in [2.24, 2.45) is 17.8 Å². The molecule has 1 heterocycles. The molecule has 138 valence electrons. The predicted octanol–water partition coefficient (Wildman–Crippen LogP) is 2.23. The van der Waals surface area contributed by atoms with Gasteiger partial charge in [0.15, 0.2) is 0 Å². The number of carbonyl (C=O) groups excluding carboxylic acids is 2. The van der Waals surface area contributed by atoms with E-state index in [1.807, 2.05) is 32.6 Å². The first-order valence-corrected chi connectivity index (χ1v) is 9.05. The van der Waals surface area contributed by atoms with E-state index in [4.69, 9.17) is 5.11 Å². The molecule has 0 aliphatic carbocycles. The fraction of sp³-hybridized carbons (Fsp3) is 0.833. The third kappa shape index (κ3) is 6.13. The Morgan fingerprint density at radius 3 is 2.46 bits per heavy atom. The molecule has 1 saturated heterocycles. The molecule has 2 unspecified atom stereocenters. The van der Waals surface area contributed by atoms with Crippen molar-refractivity contribution in [1.29, 1.82) is 0 Å². The number of carbonyl (C=O) groups is 3. The van der Waals surface area contributed by atoms with Crippen LogP contribution in [-0.4, -0.2) is 58.9 Å². The largest absolute Gasteiger partial charge is 0.481 e. The number of hydrogen-bond acceptors (Lipinski definition) is 3. The fourth-order valence-electron chi connectivity index (χ4n) is 3.09. The molecule has 24 heavy (non-hydrogen) atoms. The van der Waals surface area contributed by atoms with Crippen LogP contribution < -0.4 is 0 Å². The normalized spacial score (nSPS) is 19.2. The SMILES string of the molecule is CCC(C)C(=O)N1CCCC(C(=O)N(CCC(=O)O)CC(C)C)C1. The lowest BCUT2D eigenvalue weighted by molar-refractivity contribution is -0.143. The number of nitrogens with zero attached hydrogens (tertiary/aromatic N) is 2. The Morgan fingerprint density at radius 2 is 1.92 bits per heavy atom. The van der Waals surface area contributed by atoms with Crippen LogP contribution >= 0.6 is 0 Å². The van der Waals surface area contributed by atoms with Crippen LogP contribution in [0, 0.1) is 17.8 Å². The van der Waals surface area contributed by atoms with Crippen molar-refractivity contribution in [2.45, 2.75) is 53.4 Å². The number of rotatable bonds is 8. The van der Waals surface area contributed by atoms with Gasteiger partial charge >= 0.3 is 5.97 Å². The van der Waals surface area contributed by atoms with Crippen molar-refractivity contribution in [3.63, 3.8) is 0 Å². The lowest BCUT2D eigenvalue weighted by atomic mass is 9.94. The number of carboxylic acids is 1. The lowest BCUT2D eigenvalue weighted by Gasteiger charge is -2.36. The summed E-state index contributed by atoms with van der Waals surface area (Å²) >= 11 is 0. The van der Waals surface area contributed by atoms with Crippen LogP contribution in [0.2, 0.25) is 0 Å². The molecule has 1 fully saturated rings. The van der Waals surface area contributed by atoms with Crippen LogP contribution in [0.4, 0.5) is 0 Å². The minimum Gasteiger partial charge on any atom is -0.481 e. The number of aliphatic carboxylic acids is 1. The van der Waals surface area contributed by atoms with Gasteiger partial charge in [-0.15, -0.1) is 0 Å². The Balaban J connectivity index is 2.74. The van der Waals surface area contributed by atoms with E-state index in [2.05, 4.69) is 0 Å². The summed E-state index contributed by atoms with van der Waals surface area (Å²) < 4.78 is 0.